The number of rotatable bonds is 7. The van der Waals surface area contributed by atoms with Crippen LogP contribution in [0.25, 0.3) is 0 Å². The zero-order valence-corrected chi connectivity index (χ0v) is 15.6. The monoisotopic (exact) mass is 408 g/mol. The Kier molecular flexibility index (Phi) is 6.97. The highest BCUT2D eigenvalue weighted by Gasteiger charge is 2.11. The minimum atomic E-state index is -0.198. The Bertz CT molecular complexity index is 750. The van der Waals surface area contributed by atoms with Gasteiger partial charge in [-0.3, -0.25) is 9.59 Å². The molecule has 1 amide bonds. The van der Waals surface area contributed by atoms with Crippen molar-refractivity contribution in [1.29, 1.82) is 0 Å². The zero-order valence-electron chi connectivity index (χ0n) is 13.2. The molecule has 6 heteroatoms. The smallest absolute Gasteiger partial charge is 0.221 e. The first-order chi connectivity index (χ1) is 11.5. The van der Waals surface area contributed by atoms with Gasteiger partial charge in [0.15, 0.2) is 5.78 Å². The fourth-order valence-corrected chi connectivity index (χ4v) is 3.15. The number of halogens is 2. The SMILES string of the molecule is CC(=O)Nc1ccccc1C(=O)CNCCc1ccc(Cl)cc1Br. The Hall–Kier alpha value is -1.69. The summed E-state index contributed by atoms with van der Waals surface area (Å²) in [5, 5.41) is 6.50. The van der Waals surface area contributed by atoms with E-state index in [0.717, 1.165) is 16.5 Å². The van der Waals surface area contributed by atoms with Crippen LogP contribution in [0.2, 0.25) is 5.02 Å². The Morgan fingerprint density at radius 3 is 2.62 bits per heavy atom. The summed E-state index contributed by atoms with van der Waals surface area (Å²) in [6.07, 6.45) is 0.776. The summed E-state index contributed by atoms with van der Waals surface area (Å²) in [6.45, 7) is 2.29. The molecule has 0 fully saturated rings. The van der Waals surface area contributed by atoms with E-state index in [0.29, 0.717) is 22.8 Å². The lowest BCUT2D eigenvalue weighted by Gasteiger charge is -2.10. The summed E-state index contributed by atoms with van der Waals surface area (Å²) in [5.74, 6) is -0.259. The molecule has 0 aliphatic rings. The molecule has 0 heterocycles. The van der Waals surface area contributed by atoms with Crippen LogP contribution in [0.15, 0.2) is 46.9 Å². The molecule has 4 nitrogen and oxygen atoms in total. The largest absolute Gasteiger partial charge is 0.326 e. The van der Waals surface area contributed by atoms with E-state index in [2.05, 4.69) is 26.6 Å². The number of hydrogen-bond acceptors (Lipinski definition) is 3. The fraction of sp³-hybridized carbons (Fsp3) is 0.222. The number of carbonyl (C=O) groups excluding carboxylic acids is 2. The highest BCUT2D eigenvalue weighted by molar-refractivity contribution is 9.10. The van der Waals surface area contributed by atoms with Crippen LogP contribution in [0.5, 0.6) is 0 Å². The average Bonchev–Trinajstić information content (AvgIpc) is 2.53. The van der Waals surface area contributed by atoms with E-state index < -0.39 is 0 Å². The van der Waals surface area contributed by atoms with Crippen LogP contribution in [0.3, 0.4) is 0 Å². The van der Waals surface area contributed by atoms with Gasteiger partial charge in [0.2, 0.25) is 5.91 Å². The molecule has 0 aromatic heterocycles. The van der Waals surface area contributed by atoms with E-state index in [1.807, 2.05) is 18.2 Å². The van der Waals surface area contributed by atoms with Crippen molar-refractivity contribution < 1.29 is 9.59 Å². The topological polar surface area (TPSA) is 58.2 Å². The molecule has 0 unspecified atom stereocenters. The number of amides is 1. The van der Waals surface area contributed by atoms with Crippen LogP contribution in [0.1, 0.15) is 22.8 Å². The van der Waals surface area contributed by atoms with Gasteiger partial charge in [-0.25, -0.2) is 0 Å². The number of nitrogens with one attached hydrogen (secondary N) is 2. The summed E-state index contributed by atoms with van der Waals surface area (Å²) in [5.41, 5.74) is 2.17. The van der Waals surface area contributed by atoms with Crippen molar-refractivity contribution >= 4 is 44.9 Å². The van der Waals surface area contributed by atoms with Crippen molar-refractivity contribution in [3.8, 4) is 0 Å². The van der Waals surface area contributed by atoms with Gasteiger partial charge in [-0.2, -0.15) is 0 Å². The third-order valence-electron chi connectivity index (χ3n) is 3.41. The van der Waals surface area contributed by atoms with Crippen molar-refractivity contribution in [2.45, 2.75) is 13.3 Å². The average molecular weight is 410 g/mol. The second-order valence-corrected chi connectivity index (χ2v) is 6.60. The van der Waals surface area contributed by atoms with Gasteiger partial charge < -0.3 is 10.6 Å². The Morgan fingerprint density at radius 1 is 1.17 bits per heavy atom. The molecule has 0 aliphatic carbocycles. The molecular weight excluding hydrogens is 392 g/mol. The van der Waals surface area contributed by atoms with Crippen LogP contribution < -0.4 is 10.6 Å². The van der Waals surface area contributed by atoms with Gasteiger partial charge in [-0.05, 0) is 42.8 Å². The molecular formula is C18H18BrClN2O2. The third kappa shape index (κ3) is 5.44. The van der Waals surface area contributed by atoms with Gasteiger partial charge in [-0.15, -0.1) is 0 Å². The number of carbonyl (C=O) groups is 2. The van der Waals surface area contributed by atoms with E-state index in [1.54, 1.807) is 24.3 Å². The normalized spacial score (nSPS) is 10.5. The minimum absolute atomic E-state index is 0.0606. The number of Topliss-reactive ketones (excluding diaryl/α,β-unsaturated/α-hetero) is 1. The molecule has 0 radical (unpaired) electrons. The second-order valence-electron chi connectivity index (χ2n) is 5.31. The molecule has 2 rings (SSSR count). The van der Waals surface area contributed by atoms with Crippen molar-refractivity contribution in [3.05, 3.63) is 63.1 Å². The summed E-state index contributed by atoms with van der Waals surface area (Å²) in [7, 11) is 0. The van der Waals surface area contributed by atoms with Gasteiger partial charge >= 0.3 is 0 Å². The summed E-state index contributed by atoms with van der Waals surface area (Å²) >= 11 is 9.40. The van der Waals surface area contributed by atoms with Gasteiger partial charge in [0.1, 0.15) is 0 Å². The maximum atomic E-state index is 12.3. The Balaban J connectivity index is 1.88. The Labute approximate surface area is 154 Å². The summed E-state index contributed by atoms with van der Waals surface area (Å²) in [4.78, 5) is 23.5. The minimum Gasteiger partial charge on any atom is -0.326 e. The van der Waals surface area contributed by atoms with E-state index >= 15 is 0 Å². The van der Waals surface area contributed by atoms with Crippen LogP contribution in [0, 0.1) is 0 Å². The first-order valence-corrected chi connectivity index (χ1v) is 8.69. The fourth-order valence-electron chi connectivity index (χ4n) is 2.27. The lowest BCUT2D eigenvalue weighted by atomic mass is 10.1. The van der Waals surface area contributed by atoms with Gasteiger partial charge in [0.25, 0.3) is 0 Å². The maximum Gasteiger partial charge on any atom is 0.221 e. The first kappa shape index (κ1) is 18.6. The molecule has 24 heavy (non-hydrogen) atoms. The third-order valence-corrected chi connectivity index (χ3v) is 4.38. The summed E-state index contributed by atoms with van der Waals surface area (Å²) < 4.78 is 0.958. The predicted molar refractivity (Wildman–Crippen MR) is 101 cm³/mol. The van der Waals surface area contributed by atoms with Crippen LogP contribution >= 0.6 is 27.5 Å². The van der Waals surface area contributed by atoms with E-state index in [1.165, 1.54) is 6.92 Å². The molecule has 0 aliphatic heterocycles. The molecule has 0 atom stereocenters. The molecule has 0 bridgehead atoms. The molecule has 2 N–H and O–H groups in total. The highest BCUT2D eigenvalue weighted by Crippen LogP contribution is 2.21. The quantitative estimate of drug-likeness (QED) is 0.535. The molecule has 2 aromatic rings. The number of hydrogen-bond donors (Lipinski definition) is 2. The van der Waals surface area contributed by atoms with E-state index in [-0.39, 0.29) is 18.2 Å². The number of benzene rings is 2. The second kappa shape index (κ2) is 8.97. The highest BCUT2D eigenvalue weighted by atomic mass is 79.9. The van der Waals surface area contributed by atoms with Gasteiger partial charge in [0.05, 0.1) is 12.2 Å². The molecule has 0 saturated carbocycles. The number of anilines is 1. The summed E-state index contributed by atoms with van der Waals surface area (Å²) in [6, 6.07) is 12.7. The molecule has 126 valence electrons. The van der Waals surface area contributed by atoms with Crippen LogP contribution in [-0.4, -0.2) is 24.8 Å². The zero-order chi connectivity index (χ0) is 17.5. The lowest BCUT2D eigenvalue weighted by Crippen LogP contribution is -2.26. The van der Waals surface area contributed by atoms with E-state index in [9.17, 15) is 9.59 Å². The van der Waals surface area contributed by atoms with Crippen molar-refractivity contribution in [1.82, 2.24) is 5.32 Å². The molecule has 0 saturated heterocycles. The van der Waals surface area contributed by atoms with Crippen molar-refractivity contribution in [2.24, 2.45) is 0 Å². The predicted octanol–water partition coefficient (Wildman–Crippen LogP) is 4.08. The molecule has 0 spiro atoms. The first-order valence-electron chi connectivity index (χ1n) is 7.52. The molecule has 2 aromatic carbocycles. The Morgan fingerprint density at radius 2 is 1.92 bits per heavy atom. The standard InChI is InChI=1S/C18H18BrClN2O2/c1-12(23)22-17-5-3-2-4-15(17)18(24)11-21-9-8-13-6-7-14(20)10-16(13)19/h2-7,10,21H,8-9,11H2,1H3,(H,22,23). The van der Waals surface area contributed by atoms with Gasteiger partial charge in [-0.1, -0.05) is 45.7 Å². The van der Waals surface area contributed by atoms with Crippen molar-refractivity contribution in [3.63, 3.8) is 0 Å². The van der Waals surface area contributed by atoms with Crippen LogP contribution in [-0.2, 0) is 11.2 Å². The lowest BCUT2D eigenvalue weighted by molar-refractivity contribution is -0.114. The maximum absolute atomic E-state index is 12.3. The number of ketones is 1. The van der Waals surface area contributed by atoms with Crippen molar-refractivity contribution in [2.75, 3.05) is 18.4 Å². The van der Waals surface area contributed by atoms with Gasteiger partial charge in [0, 0.05) is 22.0 Å². The van der Waals surface area contributed by atoms with Crippen LogP contribution in [0.4, 0.5) is 5.69 Å². The number of para-hydroxylation sites is 1. The van der Waals surface area contributed by atoms with E-state index in [4.69, 9.17) is 11.6 Å².